The van der Waals surface area contributed by atoms with Crippen LogP contribution in [0.5, 0.6) is 0 Å². The summed E-state index contributed by atoms with van der Waals surface area (Å²) in [6, 6.07) is 22.8. The zero-order valence-electron chi connectivity index (χ0n) is 27.3. The lowest BCUT2D eigenvalue weighted by atomic mass is 10.1. The fraction of sp³-hybridized carbons (Fsp3) is 0.257. The Balaban J connectivity index is 0.000000256. The molecule has 0 bridgehead atoms. The Labute approximate surface area is 277 Å². The van der Waals surface area contributed by atoms with Crippen molar-refractivity contribution < 1.29 is 35.9 Å². The largest absolute Gasteiger partial charge is 0.462 e. The Morgan fingerprint density at radius 2 is 0.957 bits per heavy atom. The van der Waals surface area contributed by atoms with Gasteiger partial charge in [0.2, 0.25) is 0 Å². The molecular formula is C35H40N2O8S2. The lowest BCUT2D eigenvalue weighted by Gasteiger charge is -2.12. The molecule has 4 rings (SSSR count). The number of hydrogen-bond donors (Lipinski definition) is 2. The quantitative estimate of drug-likeness (QED) is 0.164. The third-order valence-electron chi connectivity index (χ3n) is 6.96. The standard InChI is InChI=1S/C18H21NO4S.C17H19NO4S/c1-4-14-7-10-16(11-8-14)24(21,22)19-17-12-15(9-6-13(17)3)18(20)23-5-2;1-4-22-17(19)14-8-7-13(3)16(11-14)18-23(20,21)15-9-5-12(2)6-10-15/h6-12,19H,4-5H2,1-3H3;5-11,18H,4H2,1-3H3. The van der Waals surface area contributed by atoms with Gasteiger partial charge in [0.1, 0.15) is 0 Å². The van der Waals surface area contributed by atoms with E-state index in [1.54, 1.807) is 100 Å². The van der Waals surface area contributed by atoms with Crippen molar-refractivity contribution in [3.63, 3.8) is 0 Å². The van der Waals surface area contributed by atoms with Crippen LogP contribution >= 0.6 is 0 Å². The summed E-state index contributed by atoms with van der Waals surface area (Å²) < 4.78 is 64.9. The maximum atomic E-state index is 12.5. The van der Waals surface area contributed by atoms with E-state index in [0.29, 0.717) is 28.1 Å². The van der Waals surface area contributed by atoms with E-state index in [1.165, 1.54) is 12.1 Å². The van der Waals surface area contributed by atoms with Crippen LogP contribution in [-0.4, -0.2) is 42.0 Å². The average Bonchev–Trinajstić information content (AvgIpc) is 3.03. The maximum Gasteiger partial charge on any atom is 0.338 e. The number of anilines is 2. The highest BCUT2D eigenvalue weighted by Gasteiger charge is 2.18. The molecule has 0 aromatic heterocycles. The van der Waals surface area contributed by atoms with Crippen LogP contribution in [0.1, 0.15) is 63.7 Å². The molecular weight excluding hydrogens is 641 g/mol. The van der Waals surface area contributed by atoms with Gasteiger partial charge in [-0.05, 0) is 106 Å². The molecule has 2 N–H and O–H groups in total. The first-order valence-electron chi connectivity index (χ1n) is 15.0. The summed E-state index contributed by atoms with van der Waals surface area (Å²) in [6.45, 7) is 11.4. The van der Waals surface area contributed by atoms with Gasteiger partial charge in [-0.2, -0.15) is 0 Å². The molecule has 0 amide bonds. The van der Waals surface area contributed by atoms with Crippen molar-refractivity contribution >= 4 is 43.4 Å². The number of rotatable bonds is 11. The molecule has 0 saturated heterocycles. The first-order valence-corrected chi connectivity index (χ1v) is 17.9. The number of nitrogens with one attached hydrogen (secondary N) is 2. The summed E-state index contributed by atoms with van der Waals surface area (Å²) in [5.41, 5.74) is 4.81. The molecule has 4 aromatic rings. The van der Waals surface area contributed by atoms with Crippen LogP contribution in [0, 0.1) is 20.8 Å². The van der Waals surface area contributed by atoms with E-state index in [2.05, 4.69) is 9.44 Å². The number of sulfonamides is 2. The van der Waals surface area contributed by atoms with E-state index in [-0.39, 0.29) is 23.0 Å². The van der Waals surface area contributed by atoms with Gasteiger partial charge in [0.25, 0.3) is 20.0 Å². The second kappa shape index (κ2) is 16.2. The third-order valence-corrected chi connectivity index (χ3v) is 9.72. The van der Waals surface area contributed by atoms with E-state index >= 15 is 0 Å². The summed E-state index contributed by atoms with van der Waals surface area (Å²) in [7, 11) is -7.43. The van der Waals surface area contributed by atoms with Crippen LogP contribution in [0.15, 0.2) is 94.7 Å². The van der Waals surface area contributed by atoms with Gasteiger partial charge in [-0.1, -0.05) is 48.9 Å². The number of hydrogen-bond acceptors (Lipinski definition) is 8. The Morgan fingerprint density at radius 3 is 1.32 bits per heavy atom. The van der Waals surface area contributed by atoms with Crippen LogP contribution in [0.2, 0.25) is 0 Å². The molecule has 0 spiro atoms. The molecule has 0 saturated carbocycles. The van der Waals surface area contributed by atoms with E-state index in [9.17, 15) is 26.4 Å². The molecule has 4 aromatic carbocycles. The molecule has 10 nitrogen and oxygen atoms in total. The molecule has 0 atom stereocenters. The fourth-order valence-electron chi connectivity index (χ4n) is 4.18. The predicted molar refractivity (Wildman–Crippen MR) is 183 cm³/mol. The van der Waals surface area contributed by atoms with Crippen molar-refractivity contribution in [2.45, 2.75) is 57.8 Å². The molecule has 0 aliphatic carbocycles. The van der Waals surface area contributed by atoms with Gasteiger partial charge in [0.15, 0.2) is 0 Å². The molecule has 0 aliphatic rings. The minimum atomic E-state index is -3.72. The number of benzene rings is 4. The van der Waals surface area contributed by atoms with E-state index in [4.69, 9.17) is 9.47 Å². The molecule has 0 fully saturated rings. The second-order valence-electron chi connectivity index (χ2n) is 10.5. The minimum absolute atomic E-state index is 0.170. The average molecular weight is 681 g/mol. The van der Waals surface area contributed by atoms with Crippen LogP contribution in [0.4, 0.5) is 11.4 Å². The number of ether oxygens (including phenoxy) is 2. The zero-order chi connectivity index (χ0) is 34.8. The van der Waals surface area contributed by atoms with Gasteiger partial charge in [-0.3, -0.25) is 9.44 Å². The monoisotopic (exact) mass is 680 g/mol. The SMILES string of the molecule is CCOC(=O)c1ccc(C)c(NS(=O)(=O)c2ccc(C)cc2)c1.CCOC(=O)c1ccc(C)c(NS(=O)(=O)c2ccc(CC)cc2)c1. The lowest BCUT2D eigenvalue weighted by Crippen LogP contribution is -2.14. The molecule has 0 heterocycles. The van der Waals surface area contributed by atoms with Crippen LogP contribution in [-0.2, 0) is 35.9 Å². The molecule has 0 radical (unpaired) electrons. The third kappa shape index (κ3) is 10.2. The van der Waals surface area contributed by atoms with Crippen molar-refractivity contribution in [2.75, 3.05) is 22.7 Å². The van der Waals surface area contributed by atoms with Gasteiger partial charge < -0.3 is 9.47 Å². The van der Waals surface area contributed by atoms with E-state index in [1.807, 2.05) is 13.8 Å². The number of esters is 2. The lowest BCUT2D eigenvalue weighted by molar-refractivity contribution is 0.0517. The second-order valence-corrected chi connectivity index (χ2v) is 13.9. The highest BCUT2D eigenvalue weighted by atomic mass is 32.2. The normalized spacial score (nSPS) is 11.1. The van der Waals surface area contributed by atoms with Crippen LogP contribution in [0.25, 0.3) is 0 Å². The summed E-state index contributed by atoms with van der Waals surface area (Å²) in [5.74, 6) is -0.964. The minimum Gasteiger partial charge on any atom is -0.462 e. The van der Waals surface area contributed by atoms with Gasteiger partial charge in [0.05, 0.1) is 45.5 Å². The van der Waals surface area contributed by atoms with Crippen molar-refractivity contribution in [3.05, 3.63) is 118 Å². The van der Waals surface area contributed by atoms with Crippen LogP contribution < -0.4 is 9.44 Å². The van der Waals surface area contributed by atoms with Gasteiger partial charge in [0, 0.05) is 0 Å². The number of carbonyl (C=O) groups excluding carboxylic acids is 2. The fourth-order valence-corrected chi connectivity index (χ4v) is 6.42. The summed E-state index contributed by atoms with van der Waals surface area (Å²) in [4.78, 5) is 23.9. The van der Waals surface area contributed by atoms with E-state index in [0.717, 1.165) is 23.1 Å². The van der Waals surface area contributed by atoms with Gasteiger partial charge >= 0.3 is 11.9 Å². The van der Waals surface area contributed by atoms with Crippen molar-refractivity contribution in [3.8, 4) is 0 Å². The van der Waals surface area contributed by atoms with Gasteiger partial charge in [-0.15, -0.1) is 0 Å². The van der Waals surface area contributed by atoms with Gasteiger partial charge in [-0.25, -0.2) is 26.4 Å². The zero-order valence-corrected chi connectivity index (χ0v) is 28.9. The summed E-state index contributed by atoms with van der Waals surface area (Å²) >= 11 is 0. The molecule has 47 heavy (non-hydrogen) atoms. The van der Waals surface area contributed by atoms with Crippen molar-refractivity contribution in [1.82, 2.24) is 0 Å². The van der Waals surface area contributed by atoms with E-state index < -0.39 is 32.0 Å². The van der Waals surface area contributed by atoms with Crippen molar-refractivity contribution in [1.29, 1.82) is 0 Å². The maximum absolute atomic E-state index is 12.5. The topological polar surface area (TPSA) is 145 Å². The van der Waals surface area contributed by atoms with Crippen molar-refractivity contribution in [2.24, 2.45) is 0 Å². The Kier molecular flexibility index (Phi) is 12.7. The highest BCUT2D eigenvalue weighted by Crippen LogP contribution is 2.23. The molecule has 12 heteroatoms. The molecule has 250 valence electrons. The Morgan fingerprint density at radius 1 is 0.574 bits per heavy atom. The Hall–Kier alpha value is -4.68. The molecule has 0 unspecified atom stereocenters. The first kappa shape index (κ1) is 36.8. The first-order chi connectivity index (χ1) is 22.2. The summed E-state index contributed by atoms with van der Waals surface area (Å²) in [6.07, 6.45) is 0.842. The smallest absolute Gasteiger partial charge is 0.338 e. The highest BCUT2D eigenvalue weighted by molar-refractivity contribution is 7.93. The predicted octanol–water partition coefficient (Wildman–Crippen LogP) is 6.82. The molecule has 0 aliphatic heterocycles. The number of carbonyl (C=O) groups is 2. The summed E-state index contributed by atoms with van der Waals surface area (Å²) in [5, 5.41) is 0. The number of aryl methyl sites for hydroxylation is 4. The van der Waals surface area contributed by atoms with Crippen LogP contribution in [0.3, 0.4) is 0 Å². The Bertz CT molecular complexity index is 1920.